The summed E-state index contributed by atoms with van der Waals surface area (Å²) in [5.41, 5.74) is 1.83. The third-order valence-corrected chi connectivity index (χ3v) is 5.44. The van der Waals surface area contributed by atoms with Crippen LogP contribution in [0.2, 0.25) is 0 Å². The standard InChI is InChI=1S/C18H19N5OS/c24-18(15-11-25-17(21-15)16-19-12-20-22-16)23-10-4-7-14(23)9-8-13-5-2-1-3-6-13/h1-3,5-6,11-12,14H,4,7-10H2,(H,19,20,22)/t14-/m0/s1. The SMILES string of the molecule is O=C(c1csc(-c2ncn[nH]2)n1)N1CCC[C@H]1CCc1ccccc1. The molecular formula is C18H19N5OS. The quantitative estimate of drug-likeness (QED) is 0.764. The van der Waals surface area contributed by atoms with Crippen LogP contribution in [0.5, 0.6) is 0 Å². The molecule has 0 radical (unpaired) electrons. The average Bonchev–Trinajstić information content (AvgIpc) is 3.41. The van der Waals surface area contributed by atoms with Gasteiger partial charge in [-0.3, -0.25) is 9.89 Å². The van der Waals surface area contributed by atoms with E-state index in [9.17, 15) is 4.79 Å². The maximum absolute atomic E-state index is 12.9. The van der Waals surface area contributed by atoms with E-state index >= 15 is 0 Å². The van der Waals surface area contributed by atoms with Crippen LogP contribution < -0.4 is 0 Å². The second-order valence-electron chi connectivity index (χ2n) is 6.19. The zero-order valence-electron chi connectivity index (χ0n) is 13.8. The number of aromatic nitrogens is 4. The number of rotatable bonds is 5. The number of amides is 1. The van der Waals surface area contributed by atoms with Crippen molar-refractivity contribution in [1.29, 1.82) is 0 Å². The first kappa shape index (κ1) is 16.0. The van der Waals surface area contributed by atoms with Gasteiger partial charge < -0.3 is 4.90 Å². The van der Waals surface area contributed by atoms with Gasteiger partial charge in [0.1, 0.15) is 12.0 Å². The van der Waals surface area contributed by atoms with E-state index in [-0.39, 0.29) is 5.91 Å². The predicted octanol–water partition coefficient (Wildman–Crippen LogP) is 3.17. The van der Waals surface area contributed by atoms with Gasteiger partial charge in [-0.25, -0.2) is 9.97 Å². The van der Waals surface area contributed by atoms with Gasteiger partial charge in [-0.15, -0.1) is 11.3 Å². The van der Waals surface area contributed by atoms with Crippen LogP contribution in [-0.2, 0) is 6.42 Å². The summed E-state index contributed by atoms with van der Waals surface area (Å²) in [6, 6.07) is 10.7. The molecule has 0 unspecified atom stereocenters. The number of hydrogen-bond acceptors (Lipinski definition) is 5. The summed E-state index contributed by atoms with van der Waals surface area (Å²) in [5, 5.41) is 9.12. The maximum Gasteiger partial charge on any atom is 0.273 e. The highest BCUT2D eigenvalue weighted by molar-refractivity contribution is 7.13. The van der Waals surface area contributed by atoms with E-state index in [0.29, 0.717) is 22.6 Å². The van der Waals surface area contributed by atoms with E-state index in [1.807, 2.05) is 16.3 Å². The number of likely N-dealkylation sites (tertiary alicyclic amines) is 1. The largest absolute Gasteiger partial charge is 0.334 e. The lowest BCUT2D eigenvalue weighted by atomic mass is 10.0. The van der Waals surface area contributed by atoms with Crippen molar-refractivity contribution in [3.05, 3.63) is 53.3 Å². The summed E-state index contributed by atoms with van der Waals surface area (Å²) >= 11 is 1.41. The first-order valence-corrected chi connectivity index (χ1v) is 9.35. The average molecular weight is 353 g/mol. The number of aryl methyl sites for hydroxylation is 1. The van der Waals surface area contributed by atoms with Crippen molar-refractivity contribution in [2.24, 2.45) is 0 Å². The Balaban J connectivity index is 1.44. The number of benzene rings is 1. The van der Waals surface area contributed by atoms with Gasteiger partial charge in [0, 0.05) is 18.0 Å². The molecule has 1 amide bonds. The van der Waals surface area contributed by atoms with Crippen LogP contribution in [0.25, 0.3) is 10.8 Å². The number of carbonyl (C=O) groups excluding carboxylic acids is 1. The zero-order valence-corrected chi connectivity index (χ0v) is 14.6. The van der Waals surface area contributed by atoms with Crippen molar-refractivity contribution in [1.82, 2.24) is 25.1 Å². The summed E-state index contributed by atoms with van der Waals surface area (Å²) in [6.45, 7) is 0.813. The van der Waals surface area contributed by atoms with Crippen molar-refractivity contribution in [3.8, 4) is 10.8 Å². The van der Waals surface area contributed by atoms with Gasteiger partial charge in [-0.2, -0.15) is 5.10 Å². The predicted molar refractivity (Wildman–Crippen MR) is 96.3 cm³/mol. The highest BCUT2D eigenvalue weighted by Crippen LogP contribution is 2.26. The van der Waals surface area contributed by atoms with Gasteiger partial charge >= 0.3 is 0 Å². The van der Waals surface area contributed by atoms with E-state index in [2.05, 4.69) is 44.4 Å². The normalized spacial score (nSPS) is 17.1. The van der Waals surface area contributed by atoms with Gasteiger partial charge in [-0.1, -0.05) is 30.3 Å². The zero-order chi connectivity index (χ0) is 17.1. The molecule has 3 heterocycles. The Morgan fingerprint density at radius 1 is 1.32 bits per heavy atom. The lowest BCUT2D eigenvalue weighted by Crippen LogP contribution is -2.36. The van der Waals surface area contributed by atoms with E-state index in [1.54, 1.807) is 0 Å². The molecule has 3 aromatic rings. The summed E-state index contributed by atoms with van der Waals surface area (Å²) in [4.78, 5) is 23.4. The molecule has 0 spiro atoms. The fourth-order valence-electron chi connectivity index (χ4n) is 3.32. The van der Waals surface area contributed by atoms with Crippen molar-refractivity contribution in [3.63, 3.8) is 0 Å². The van der Waals surface area contributed by atoms with Crippen molar-refractivity contribution < 1.29 is 4.79 Å². The second-order valence-corrected chi connectivity index (χ2v) is 7.05. The molecule has 2 aromatic heterocycles. The third kappa shape index (κ3) is 3.46. The Kier molecular flexibility index (Phi) is 4.56. The number of aromatic amines is 1. The molecular weight excluding hydrogens is 334 g/mol. The smallest absolute Gasteiger partial charge is 0.273 e. The molecule has 128 valence electrons. The minimum atomic E-state index is 0.0255. The lowest BCUT2D eigenvalue weighted by Gasteiger charge is -2.24. The highest BCUT2D eigenvalue weighted by atomic mass is 32.1. The molecule has 1 saturated heterocycles. The fourth-order valence-corrected chi connectivity index (χ4v) is 4.06. The van der Waals surface area contributed by atoms with E-state index in [0.717, 1.165) is 32.2 Å². The molecule has 1 aliphatic rings. The maximum atomic E-state index is 12.9. The van der Waals surface area contributed by atoms with Crippen LogP contribution in [0.3, 0.4) is 0 Å². The van der Waals surface area contributed by atoms with Crippen LogP contribution >= 0.6 is 11.3 Å². The van der Waals surface area contributed by atoms with Gasteiger partial charge in [0.2, 0.25) is 0 Å². The molecule has 4 rings (SSSR count). The van der Waals surface area contributed by atoms with Gasteiger partial charge in [-0.05, 0) is 31.2 Å². The lowest BCUT2D eigenvalue weighted by molar-refractivity contribution is 0.0725. The highest BCUT2D eigenvalue weighted by Gasteiger charge is 2.30. The van der Waals surface area contributed by atoms with Gasteiger partial charge in [0.15, 0.2) is 10.8 Å². The molecule has 1 fully saturated rings. The van der Waals surface area contributed by atoms with Crippen molar-refractivity contribution in [2.45, 2.75) is 31.7 Å². The summed E-state index contributed by atoms with van der Waals surface area (Å²) in [7, 11) is 0. The van der Waals surface area contributed by atoms with Crippen LogP contribution in [0.4, 0.5) is 0 Å². The second kappa shape index (κ2) is 7.14. The van der Waals surface area contributed by atoms with E-state index < -0.39 is 0 Å². The van der Waals surface area contributed by atoms with Crippen molar-refractivity contribution >= 4 is 17.2 Å². The minimum absolute atomic E-state index is 0.0255. The van der Waals surface area contributed by atoms with Crippen LogP contribution in [0.1, 0.15) is 35.3 Å². The first-order chi connectivity index (χ1) is 12.3. The number of thiazole rings is 1. The molecule has 25 heavy (non-hydrogen) atoms. The molecule has 1 atom stereocenters. The van der Waals surface area contributed by atoms with Crippen LogP contribution in [0.15, 0.2) is 42.0 Å². The van der Waals surface area contributed by atoms with Gasteiger partial charge in [0.05, 0.1) is 0 Å². The van der Waals surface area contributed by atoms with E-state index in [1.165, 1.54) is 23.2 Å². The topological polar surface area (TPSA) is 74.8 Å². The molecule has 1 aromatic carbocycles. The number of nitrogens with one attached hydrogen (secondary N) is 1. The Labute approximate surface area is 149 Å². The molecule has 0 bridgehead atoms. The van der Waals surface area contributed by atoms with Crippen LogP contribution in [-0.4, -0.2) is 43.6 Å². The third-order valence-electron chi connectivity index (χ3n) is 4.59. The molecule has 0 saturated carbocycles. The fraction of sp³-hybridized carbons (Fsp3) is 0.333. The number of H-pyrrole nitrogens is 1. The summed E-state index contributed by atoms with van der Waals surface area (Å²) in [6.07, 6.45) is 5.56. The Morgan fingerprint density at radius 2 is 2.20 bits per heavy atom. The van der Waals surface area contributed by atoms with Crippen molar-refractivity contribution in [2.75, 3.05) is 6.54 Å². The Morgan fingerprint density at radius 3 is 3.00 bits per heavy atom. The minimum Gasteiger partial charge on any atom is -0.334 e. The molecule has 0 aliphatic carbocycles. The molecule has 1 aliphatic heterocycles. The number of carbonyl (C=O) groups is 1. The Hall–Kier alpha value is -2.54. The van der Waals surface area contributed by atoms with Gasteiger partial charge in [0.25, 0.3) is 5.91 Å². The number of nitrogens with zero attached hydrogens (tertiary/aromatic N) is 4. The van der Waals surface area contributed by atoms with E-state index in [4.69, 9.17) is 0 Å². The first-order valence-electron chi connectivity index (χ1n) is 8.47. The molecule has 7 heteroatoms. The molecule has 1 N–H and O–H groups in total. The summed E-state index contributed by atoms with van der Waals surface area (Å²) in [5.74, 6) is 0.628. The van der Waals surface area contributed by atoms with Crippen LogP contribution in [0, 0.1) is 0 Å². The Bertz CT molecular complexity index is 830. The number of hydrogen-bond donors (Lipinski definition) is 1. The monoisotopic (exact) mass is 353 g/mol. The molecule has 6 nitrogen and oxygen atoms in total. The summed E-state index contributed by atoms with van der Waals surface area (Å²) < 4.78 is 0.